The molecule has 2 unspecified atom stereocenters. The Hall–Kier alpha value is -0.240. The number of hydrogen-bond donors (Lipinski definition) is 1. The molecule has 2 rings (SSSR count). The van der Waals surface area contributed by atoms with Gasteiger partial charge in [-0.2, -0.15) is 0 Å². The molecular formula is C8H12BrN3O2S. The van der Waals surface area contributed by atoms with E-state index in [1.807, 2.05) is 0 Å². The highest BCUT2D eigenvalue weighted by molar-refractivity contribution is 9.11. The third kappa shape index (κ3) is 2.47. The fourth-order valence-electron chi connectivity index (χ4n) is 1.51. The van der Waals surface area contributed by atoms with E-state index in [9.17, 15) is 0 Å². The predicted molar refractivity (Wildman–Crippen MR) is 61.2 cm³/mol. The number of aliphatic hydroxyl groups excluding tert-OH is 1. The first-order valence-corrected chi connectivity index (χ1v) is 6.29. The summed E-state index contributed by atoms with van der Waals surface area (Å²) < 4.78 is 6.23. The van der Waals surface area contributed by atoms with E-state index in [-0.39, 0.29) is 18.8 Å². The van der Waals surface area contributed by atoms with Crippen LogP contribution in [0.25, 0.3) is 0 Å². The number of morpholine rings is 1. The normalized spacial score (nSPS) is 27.0. The molecule has 0 saturated carbocycles. The summed E-state index contributed by atoms with van der Waals surface area (Å²) in [6, 6.07) is 0.271. The van der Waals surface area contributed by atoms with Gasteiger partial charge >= 0.3 is 0 Å². The third-order valence-electron chi connectivity index (χ3n) is 2.34. The van der Waals surface area contributed by atoms with Gasteiger partial charge in [0.25, 0.3) is 0 Å². The lowest BCUT2D eigenvalue weighted by Crippen LogP contribution is -2.49. The molecule has 0 aromatic carbocycles. The zero-order valence-electron chi connectivity index (χ0n) is 8.26. The van der Waals surface area contributed by atoms with Crippen molar-refractivity contribution in [3.8, 4) is 0 Å². The van der Waals surface area contributed by atoms with Crippen LogP contribution in [-0.4, -0.2) is 47.2 Å². The summed E-state index contributed by atoms with van der Waals surface area (Å²) in [6.45, 7) is 3.40. The van der Waals surface area contributed by atoms with Gasteiger partial charge in [0.15, 0.2) is 3.92 Å². The topological polar surface area (TPSA) is 58.5 Å². The van der Waals surface area contributed by atoms with Crippen LogP contribution in [0, 0.1) is 0 Å². The van der Waals surface area contributed by atoms with E-state index in [0.717, 1.165) is 9.05 Å². The summed E-state index contributed by atoms with van der Waals surface area (Å²) in [5.74, 6) is 0. The van der Waals surface area contributed by atoms with Crippen molar-refractivity contribution in [2.24, 2.45) is 0 Å². The van der Waals surface area contributed by atoms with Crippen molar-refractivity contribution in [2.45, 2.75) is 19.1 Å². The molecule has 2 atom stereocenters. The quantitative estimate of drug-likeness (QED) is 0.877. The molecule has 1 aromatic heterocycles. The molecule has 1 aliphatic rings. The average Bonchev–Trinajstić information content (AvgIpc) is 2.65. The highest BCUT2D eigenvalue weighted by Crippen LogP contribution is 2.27. The summed E-state index contributed by atoms with van der Waals surface area (Å²) in [4.78, 5) is 2.12. The summed E-state index contributed by atoms with van der Waals surface area (Å²) >= 11 is 4.78. The molecule has 0 bridgehead atoms. The number of nitrogens with zero attached hydrogens (tertiary/aromatic N) is 3. The Balaban J connectivity index is 2.12. The van der Waals surface area contributed by atoms with Crippen molar-refractivity contribution in [1.29, 1.82) is 0 Å². The highest BCUT2D eigenvalue weighted by Gasteiger charge is 2.27. The van der Waals surface area contributed by atoms with E-state index < -0.39 is 0 Å². The van der Waals surface area contributed by atoms with Crippen molar-refractivity contribution in [3.63, 3.8) is 0 Å². The molecule has 1 saturated heterocycles. The number of hydrogen-bond acceptors (Lipinski definition) is 6. The van der Waals surface area contributed by atoms with Gasteiger partial charge in [-0.15, -0.1) is 10.2 Å². The van der Waals surface area contributed by atoms with E-state index in [4.69, 9.17) is 9.84 Å². The van der Waals surface area contributed by atoms with E-state index in [1.54, 1.807) is 0 Å². The van der Waals surface area contributed by atoms with Crippen LogP contribution in [0.4, 0.5) is 5.13 Å². The number of ether oxygens (including phenoxy) is 1. The van der Waals surface area contributed by atoms with Gasteiger partial charge in [-0.1, -0.05) is 11.3 Å². The van der Waals surface area contributed by atoms with Crippen LogP contribution < -0.4 is 4.90 Å². The molecule has 5 nitrogen and oxygen atoms in total. The Labute approximate surface area is 100 Å². The molecule has 2 heterocycles. The van der Waals surface area contributed by atoms with Crippen LogP contribution in [0.3, 0.4) is 0 Å². The van der Waals surface area contributed by atoms with Crippen molar-refractivity contribution >= 4 is 32.4 Å². The molecule has 1 fully saturated rings. The SMILES string of the molecule is CC1COC(CO)CN1c1nnc(Br)s1. The number of rotatable bonds is 2. The van der Waals surface area contributed by atoms with Crippen LogP contribution in [0.5, 0.6) is 0 Å². The maximum atomic E-state index is 9.05. The summed E-state index contributed by atoms with van der Waals surface area (Å²) in [7, 11) is 0. The lowest BCUT2D eigenvalue weighted by atomic mass is 10.2. The summed E-state index contributed by atoms with van der Waals surface area (Å²) in [5.41, 5.74) is 0. The minimum atomic E-state index is -0.121. The van der Waals surface area contributed by atoms with Crippen molar-refractivity contribution in [1.82, 2.24) is 10.2 Å². The number of aliphatic hydroxyl groups is 1. The van der Waals surface area contributed by atoms with Crippen molar-refractivity contribution in [2.75, 3.05) is 24.7 Å². The minimum Gasteiger partial charge on any atom is -0.394 e. The van der Waals surface area contributed by atoms with Crippen molar-refractivity contribution < 1.29 is 9.84 Å². The van der Waals surface area contributed by atoms with Gasteiger partial charge in [0.1, 0.15) is 0 Å². The van der Waals surface area contributed by atoms with E-state index in [2.05, 4.69) is 38.0 Å². The van der Waals surface area contributed by atoms with Crippen LogP contribution in [0.2, 0.25) is 0 Å². The van der Waals surface area contributed by atoms with Gasteiger partial charge in [-0.3, -0.25) is 0 Å². The van der Waals surface area contributed by atoms with Gasteiger partial charge in [0.05, 0.1) is 25.4 Å². The highest BCUT2D eigenvalue weighted by atomic mass is 79.9. The lowest BCUT2D eigenvalue weighted by Gasteiger charge is -2.36. The second-order valence-corrected chi connectivity index (χ2v) is 5.71. The van der Waals surface area contributed by atoms with Gasteiger partial charge in [0.2, 0.25) is 5.13 Å². The predicted octanol–water partition coefficient (Wildman–Crippen LogP) is 0.887. The molecule has 7 heteroatoms. The maximum absolute atomic E-state index is 9.05. The third-order valence-corrected chi connectivity index (χ3v) is 3.74. The smallest absolute Gasteiger partial charge is 0.209 e. The van der Waals surface area contributed by atoms with Crippen molar-refractivity contribution in [3.05, 3.63) is 3.92 Å². The molecule has 15 heavy (non-hydrogen) atoms. The number of anilines is 1. The molecule has 0 aliphatic carbocycles. The first-order chi connectivity index (χ1) is 7.20. The maximum Gasteiger partial charge on any atom is 0.209 e. The first-order valence-electron chi connectivity index (χ1n) is 4.69. The largest absolute Gasteiger partial charge is 0.394 e. The Bertz CT molecular complexity index is 335. The Morgan fingerprint density at radius 3 is 3.07 bits per heavy atom. The van der Waals surface area contributed by atoms with Crippen LogP contribution in [-0.2, 0) is 4.74 Å². The van der Waals surface area contributed by atoms with Crippen LogP contribution in [0.1, 0.15) is 6.92 Å². The van der Waals surface area contributed by atoms with Crippen LogP contribution in [0.15, 0.2) is 3.92 Å². The van der Waals surface area contributed by atoms with Crippen LogP contribution >= 0.6 is 27.3 Å². The van der Waals surface area contributed by atoms with Gasteiger partial charge in [0, 0.05) is 6.54 Å². The Kier molecular flexibility index (Phi) is 3.55. The van der Waals surface area contributed by atoms with Gasteiger partial charge in [-0.05, 0) is 22.9 Å². The van der Waals surface area contributed by atoms with Gasteiger partial charge in [-0.25, -0.2) is 0 Å². The monoisotopic (exact) mass is 293 g/mol. The molecule has 0 amide bonds. The first kappa shape index (κ1) is 11.3. The van der Waals surface area contributed by atoms with Gasteiger partial charge < -0.3 is 14.7 Å². The standard InChI is InChI=1S/C8H12BrN3O2S/c1-5-4-14-6(3-13)2-12(5)8-11-10-7(9)15-8/h5-6,13H,2-4H2,1H3. The van der Waals surface area contributed by atoms with E-state index in [0.29, 0.717) is 13.2 Å². The second kappa shape index (κ2) is 4.73. The molecule has 1 aromatic rings. The number of aromatic nitrogens is 2. The fraction of sp³-hybridized carbons (Fsp3) is 0.750. The molecule has 1 aliphatic heterocycles. The minimum absolute atomic E-state index is 0.0448. The molecule has 1 N–H and O–H groups in total. The summed E-state index contributed by atoms with van der Waals surface area (Å²) in [5, 5.41) is 17.9. The molecule has 0 spiro atoms. The molecule has 0 radical (unpaired) electrons. The fourth-order valence-corrected chi connectivity index (χ4v) is 2.71. The zero-order valence-corrected chi connectivity index (χ0v) is 10.7. The zero-order chi connectivity index (χ0) is 10.8. The Morgan fingerprint density at radius 2 is 2.47 bits per heavy atom. The summed E-state index contributed by atoms with van der Waals surface area (Å²) in [6.07, 6.45) is -0.121. The lowest BCUT2D eigenvalue weighted by molar-refractivity contribution is -0.0103. The number of halogens is 1. The van der Waals surface area contributed by atoms with E-state index in [1.165, 1.54) is 11.3 Å². The molecular weight excluding hydrogens is 282 g/mol. The second-order valence-electron chi connectivity index (χ2n) is 3.48. The molecule has 84 valence electrons. The average molecular weight is 294 g/mol. The van der Waals surface area contributed by atoms with E-state index >= 15 is 0 Å². The Morgan fingerprint density at radius 1 is 1.67 bits per heavy atom.